The van der Waals surface area contributed by atoms with Crippen LogP contribution in [0.2, 0.25) is 0 Å². The molecule has 0 aliphatic carbocycles. The predicted octanol–water partition coefficient (Wildman–Crippen LogP) is 2.68. The number of likely N-dealkylation sites (tertiary alicyclic amines) is 1. The van der Waals surface area contributed by atoms with Gasteiger partial charge in [0.15, 0.2) is 0 Å². The molecule has 3 rings (SSSR count). The van der Waals surface area contributed by atoms with E-state index >= 15 is 0 Å². The molecule has 1 aliphatic heterocycles. The van der Waals surface area contributed by atoms with Gasteiger partial charge in [0.05, 0.1) is 18.9 Å². The van der Waals surface area contributed by atoms with Crippen LogP contribution in [0.25, 0.3) is 0 Å². The minimum atomic E-state index is -0.576. The number of nitrogens with zero attached hydrogens (tertiary/aromatic N) is 2. The first kappa shape index (κ1) is 15.8. The molecule has 6 heteroatoms. The van der Waals surface area contributed by atoms with E-state index in [1.54, 1.807) is 6.07 Å². The standard InChI is InChI=1S/C17H18F2N2O2/c1-23-17-4-2-3-12(20-17)9-21-10-13(22)8-16(21)14-7-11(18)5-6-15(14)19/h2-7,13,16,22H,8-10H2,1H3/t13-,16-/m0/s1. The van der Waals surface area contributed by atoms with Gasteiger partial charge in [-0.3, -0.25) is 4.90 Å². The van der Waals surface area contributed by atoms with Gasteiger partial charge in [0.2, 0.25) is 5.88 Å². The lowest BCUT2D eigenvalue weighted by atomic mass is 10.0. The van der Waals surface area contributed by atoms with Crippen molar-refractivity contribution in [2.75, 3.05) is 13.7 Å². The van der Waals surface area contributed by atoms with E-state index in [1.165, 1.54) is 13.2 Å². The number of benzene rings is 1. The quantitative estimate of drug-likeness (QED) is 0.941. The highest BCUT2D eigenvalue weighted by Gasteiger charge is 2.34. The Bertz CT molecular complexity index is 696. The average molecular weight is 320 g/mol. The van der Waals surface area contributed by atoms with E-state index in [0.717, 1.165) is 17.8 Å². The minimum Gasteiger partial charge on any atom is -0.481 e. The van der Waals surface area contributed by atoms with Gasteiger partial charge < -0.3 is 9.84 Å². The molecule has 0 radical (unpaired) electrons. The van der Waals surface area contributed by atoms with E-state index in [9.17, 15) is 13.9 Å². The molecule has 1 aliphatic rings. The van der Waals surface area contributed by atoms with Crippen LogP contribution in [-0.4, -0.2) is 34.7 Å². The molecular formula is C17H18F2N2O2. The Morgan fingerprint density at radius 2 is 2.13 bits per heavy atom. The zero-order valence-electron chi connectivity index (χ0n) is 12.7. The normalized spacial score (nSPS) is 21.6. The van der Waals surface area contributed by atoms with Crippen LogP contribution in [-0.2, 0) is 6.54 Å². The van der Waals surface area contributed by atoms with Crippen molar-refractivity contribution in [3.8, 4) is 5.88 Å². The highest BCUT2D eigenvalue weighted by molar-refractivity contribution is 5.24. The lowest BCUT2D eigenvalue weighted by Crippen LogP contribution is -2.25. The number of methoxy groups -OCH3 is 1. The molecule has 1 saturated heterocycles. The highest BCUT2D eigenvalue weighted by atomic mass is 19.1. The molecule has 2 aromatic rings. The van der Waals surface area contributed by atoms with Gasteiger partial charge in [0.1, 0.15) is 11.6 Å². The predicted molar refractivity (Wildman–Crippen MR) is 80.9 cm³/mol. The minimum absolute atomic E-state index is 0.268. The fourth-order valence-corrected chi connectivity index (χ4v) is 3.02. The Morgan fingerprint density at radius 3 is 2.91 bits per heavy atom. The Labute approximate surface area is 133 Å². The number of hydrogen-bond acceptors (Lipinski definition) is 4. The molecule has 0 amide bonds. The van der Waals surface area contributed by atoms with Crippen molar-refractivity contribution in [2.45, 2.75) is 25.1 Å². The molecule has 1 fully saturated rings. The largest absolute Gasteiger partial charge is 0.481 e. The van der Waals surface area contributed by atoms with E-state index < -0.39 is 17.7 Å². The second kappa shape index (κ2) is 6.60. The lowest BCUT2D eigenvalue weighted by Gasteiger charge is -2.24. The fraction of sp³-hybridized carbons (Fsp3) is 0.353. The van der Waals surface area contributed by atoms with Crippen molar-refractivity contribution in [3.05, 3.63) is 59.3 Å². The van der Waals surface area contributed by atoms with Gasteiger partial charge in [-0.2, -0.15) is 0 Å². The summed E-state index contributed by atoms with van der Waals surface area (Å²) in [6.45, 7) is 0.814. The molecule has 0 bridgehead atoms. The molecular weight excluding hydrogens is 302 g/mol. The van der Waals surface area contributed by atoms with Crippen LogP contribution in [0.15, 0.2) is 36.4 Å². The topological polar surface area (TPSA) is 45.6 Å². The smallest absolute Gasteiger partial charge is 0.213 e. The first-order chi connectivity index (χ1) is 11.1. The van der Waals surface area contributed by atoms with Crippen LogP contribution in [0, 0.1) is 11.6 Å². The number of β-amino-alcohol motifs (C(OH)–C–C–N with tert-alkyl or cyclic N) is 1. The number of aliphatic hydroxyl groups excluding tert-OH is 1. The molecule has 23 heavy (non-hydrogen) atoms. The van der Waals surface area contributed by atoms with Gasteiger partial charge in [0, 0.05) is 30.8 Å². The van der Waals surface area contributed by atoms with Gasteiger partial charge in [-0.15, -0.1) is 0 Å². The van der Waals surface area contributed by atoms with Gasteiger partial charge in [0.25, 0.3) is 0 Å². The summed E-state index contributed by atoms with van der Waals surface area (Å²) in [6.07, 6.45) is -0.210. The number of aromatic nitrogens is 1. The van der Waals surface area contributed by atoms with Crippen LogP contribution in [0.5, 0.6) is 5.88 Å². The summed E-state index contributed by atoms with van der Waals surface area (Å²) >= 11 is 0. The Hall–Kier alpha value is -2.05. The molecule has 0 saturated carbocycles. The second-order valence-corrected chi connectivity index (χ2v) is 5.67. The lowest BCUT2D eigenvalue weighted by molar-refractivity contribution is 0.171. The summed E-state index contributed by atoms with van der Waals surface area (Å²) < 4.78 is 32.6. The fourth-order valence-electron chi connectivity index (χ4n) is 3.02. The monoisotopic (exact) mass is 320 g/mol. The molecule has 2 atom stereocenters. The van der Waals surface area contributed by atoms with Crippen molar-refractivity contribution < 1.29 is 18.6 Å². The van der Waals surface area contributed by atoms with E-state index in [1.807, 2.05) is 17.0 Å². The van der Waals surface area contributed by atoms with Crippen molar-refractivity contribution in [1.82, 2.24) is 9.88 Å². The number of hydrogen-bond donors (Lipinski definition) is 1. The maximum Gasteiger partial charge on any atom is 0.213 e. The first-order valence-electron chi connectivity index (χ1n) is 7.44. The molecule has 1 aromatic heterocycles. The third kappa shape index (κ3) is 3.48. The van der Waals surface area contributed by atoms with Crippen LogP contribution >= 0.6 is 0 Å². The molecule has 2 heterocycles. The third-order valence-electron chi connectivity index (χ3n) is 4.05. The molecule has 122 valence electrons. The summed E-state index contributed by atoms with van der Waals surface area (Å²) in [7, 11) is 1.54. The van der Waals surface area contributed by atoms with Crippen molar-refractivity contribution in [2.24, 2.45) is 0 Å². The van der Waals surface area contributed by atoms with Crippen molar-refractivity contribution in [1.29, 1.82) is 0 Å². The van der Waals surface area contributed by atoms with Crippen molar-refractivity contribution in [3.63, 3.8) is 0 Å². The summed E-state index contributed by atoms with van der Waals surface area (Å²) in [5, 5.41) is 9.97. The number of ether oxygens (including phenoxy) is 1. The van der Waals surface area contributed by atoms with Gasteiger partial charge in [-0.25, -0.2) is 13.8 Å². The molecule has 1 N–H and O–H groups in total. The maximum absolute atomic E-state index is 14.1. The first-order valence-corrected chi connectivity index (χ1v) is 7.44. The third-order valence-corrected chi connectivity index (χ3v) is 4.05. The Morgan fingerprint density at radius 1 is 1.30 bits per heavy atom. The van der Waals surface area contributed by atoms with Gasteiger partial charge in [-0.05, 0) is 30.7 Å². The second-order valence-electron chi connectivity index (χ2n) is 5.67. The van der Waals surface area contributed by atoms with E-state index in [-0.39, 0.29) is 11.6 Å². The number of pyridine rings is 1. The Balaban J connectivity index is 1.86. The molecule has 1 aromatic carbocycles. The molecule has 0 unspecified atom stereocenters. The van der Waals surface area contributed by atoms with Gasteiger partial charge in [-0.1, -0.05) is 6.07 Å². The summed E-state index contributed by atoms with van der Waals surface area (Å²) in [6, 6.07) is 8.44. The van der Waals surface area contributed by atoms with E-state index in [0.29, 0.717) is 25.4 Å². The zero-order chi connectivity index (χ0) is 16.4. The summed E-state index contributed by atoms with van der Waals surface area (Å²) in [5.74, 6) is -0.452. The van der Waals surface area contributed by atoms with Crippen LogP contribution in [0.3, 0.4) is 0 Å². The van der Waals surface area contributed by atoms with Gasteiger partial charge >= 0.3 is 0 Å². The zero-order valence-corrected chi connectivity index (χ0v) is 12.7. The number of rotatable bonds is 4. The molecule has 0 spiro atoms. The van der Waals surface area contributed by atoms with Crippen LogP contribution in [0.1, 0.15) is 23.7 Å². The number of aliphatic hydroxyl groups is 1. The van der Waals surface area contributed by atoms with Crippen LogP contribution in [0.4, 0.5) is 8.78 Å². The average Bonchev–Trinajstić information content (AvgIpc) is 2.90. The summed E-state index contributed by atoms with van der Waals surface area (Å²) in [5.41, 5.74) is 1.02. The highest BCUT2D eigenvalue weighted by Crippen LogP contribution is 2.35. The van der Waals surface area contributed by atoms with Crippen LogP contribution < -0.4 is 4.74 Å². The van der Waals surface area contributed by atoms with Crippen molar-refractivity contribution >= 4 is 0 Å². The van der Waals surface area contributed by atoms with E-state index in [4.69, 9.17) is 4.74 Å². The summed E-state index contributed by atoms with van der Waals surface area (Å²) in [4.78, 5) is 6.24. The SMILES string of the molecule is COc1cccc(CN2C[C@@H](O)C[C@H]2c2cc(F)ccc2F)n1. The maximum atomic E-state index is 14.1. The molecule has 4 nitrogen and oxygen atoms in total. The number of halogens is 2. The Kier molecular flexibility index (Phi) is 4.54. The van der Waals surface area contributed by atoms with E-state index in [2.05, 4.69) is 4.98 Å².